The highest BCUT2D eigenvalue weighted by Gasteiger charge is 2.31. The summed E-state index contributed by atoms with van der Waals surface area (Å²) in [5, 5.41) is 3.11. The predicted octanol–water partition coefficient (Wildman–Crippen LogP) is 2.07. The Kier molecular flexibility index (Phi) is 4.78. The number of nitrogens with one attached hydrogen (secondary N) is 1. The van der Waals surface area contributed by atoms with Crippen molar-refractivity contribution in [2.45, 2.75) is 32.5 Å². The number of piperazine rings is 1. The van der Waals surface area contributed by atoms with E-state index in [1.54, 1.807) is 6.07 Å². The van der Waals surface area contributed by atoms with Crippen LogP contribution in [0.1, 0.15) is 25.0 Å². The third-order valence-corrected chi connectivity index (χ3v) is 4.28. The van der Waals surface area contributed by atoms with E-state index in [2.05, 4.69) is 36.0 Å². The molecule has 1 fully saturated rings. The Morgan fingerprint density at radius 2 is 2.05 bits per heavy atom. The van der Waals surface area contributed by atoms with Crippen molar-refractivity contribution in [3.63, 3.8) is 0 Å². The van der Waals surface area contributed by atoms with Gasteiger partial charge >= 0.3 is 0 Å². The second-order valence-electron chi connectivity index (χ2n) is 6.40. The van der Waals surface area contributed by atoms with Crippen molar-refractivity contribution < 1.29 is 4.39 Å². The van der Waals surface area contributed by atoms with Crippen molar-refractivity contribution in [1.29, 1.82) is 0 Å². The molecule has 1 heterocycles. The first-order chi connectivity index (χ1) is 9.42. The number of hydrogen-bond acceptors (Lipinski definition) is 3. The number of halogens is 1. The Balaban J connectivity index is 2.08. The molecule has 0 atom stereocenters. The minimum Gasteiger partial charge on any atom is -0.316 e. The van der Waals surface area contributed by atoms with Crippen molar-refractivity contribution in [2.24, 2.45) is 0 Å². The summed E-state index contributed by atoms with van der Waals surface area (Å²) in [5.74, 6) is -0.0958. The lowest BCUT2D eigenvalue weighted by atomic mass is 9.99. The van der Waals surface area contributed by atoms with Gasteiger partial charge in [0, 0.05) is 43.8 Å². The Bertz CT molecular complexity index is 459. The summed E-state index contributed by atoms with van der Waals surface area (Å²) >= 11 is 0. The fourth-order valence-corrected chi connectivity index (χ4v) is 2.78. The van der Waals surface area contributed by atoms with Crippen molar-refractivity contribution in [3.8, 4) is 0 Å². The molecule has 1 saturated heterocycles. The molecular weight excluding hydrogens is 253 g/mol. The SMILES string of the molecule is CNCc1ccc(F)c(CN2CCN(C)C(C)(C)C2)c1. The average Bonchev–Trinajstić information content (AvgIpc) is 2.38. The Hall–Kier alpha value is -0.970. The average molecular weight is 279 g/mol. The van der Waals surface area contributed by atoms with Gasteiger partial charge in [-0.2, -0.15) is 0 Å². The molecular formula is C16H26FN3. The molecule has 0 aromatic heterocycles. The highest BCUT2D eigenvalue weighted by atomic mass is 19.1. The summed E-state index contributed by atoms with van der Waals surface area (Å²) < 4.78 is 14.0. The Labute approximate surface area is 121 Å². The highest BCUT2D eigenvalue weighted by molar-refractivity contribution is 5.25. The highest BCUT2D eigenvalue weighted by Crippen LogP contribution is 2.21. The van der Waals surface area contributed by atoms with Crippen LogP contribution in [0.15, 0.2) is 18.2 Å². The van der Waals surface area contributed by atoms with E-state index in [0.29, 0.717) is 6.54 Å². The Morgan fingerprint density at radius 1 is 1.30 bits per heavy atom. The lowest BCUT2D eigenvalue weighted by Gasteiger charge is -2.45. The maximum absolute atomic E-state index is 14.0. The summed E-state index contributed by atoms with van der Waals surface area (Å²) in [7, 11) is 4.07. The molecule has 3 nitrogen and oxygen atoms in total. The van der Waals surface area contributed by atoms with Crippen molar-refractivity contribution in [2.75, 3.05) is 33.7 Å². The number of benzene rings is 1. The minimum atomic E-state index is -0.0958. The second-order valence-corrected chi connectivity index (χ2v) is 6.40. The fraction of sp³-hybridized carbons (Fsp3) is 0.625. The first kappa shape index (κ1) is 15.4. The van der Waals surface area contributed by atoms with Gasteiger partial charge in [0.2, 0.25) is 0 Å². The van der Waals surface area contributed by atoms with Crippen LogP contribution in [-0.2, 0) is 13.1 Å². The predicted molar refractivity (Wildman–Crippen MR) is 81.1 cm³/mol. The lowest BCUT2D eigenvalue weighted by Crippen LogP contribution is -2.57. The molecule has 20 heavy (non-hydrogen) atoms. The molecule has 112 valence electrons. The monoisotopic (exact) mass is 279 g/mol. The number of rotatable bonds is 4. The van der Waals surface area contributed by atoms with Crippen LogP contribution in [0.3, 0.4) is 0 Å². The lowest BCUT2D eigenvalue weighted by molar-refractivity contribution is 0.0355. The molecule has 1 aromatic carbocycles. The topological polar surface area (TPSA) is 18.5 Å². The van der Waals surface area contributed by atoms with E-state index in [9.17, 15) is 4.39 Å². The quantitative estimate of drug-likeness (QED) is 0.910. The van der Waals surface area contributed by atoms with E-state index in [0.717, 1.165) is 37.3 Å². The summed E-state index contributed by atoms with van der Waals surface area (Å²) in [5.41, 5.74) is 2.09. The third-order valence-electron chi connectivity index (χ3n) is 4.28. The summed E-state index contributed by atoms with van der Waals surface area (Å²) in [6, 6.07) is 5.42. The van der Waals surface area contributed by atoms with E-state index in [4.69, 9.17) is 0 Å². The van der Waals surface area contributed by atoms with E-state index in [-0.39, 0.29) is 11.4 Å². The van der Waals surface area contributed by atoms with Gasteiger partial charge in [0.25, 0.3) is 0 Å². The molecule has 0 saturated carbocycles. The zero-order valence-corrected chi connectivity index (χ0v) is 13.0. The molecule has 0 aliphatic carbocycles. The van der Waals surface area contributed by atoms with Crippen LogP contribution in [0.25, 0.3) is 0 Å². The van der Waals surface area contributed by atoms with Crippen molar-refractivity contribution >= 4 is 0 Å². The van der Waals surface area contributed by atoms with Gasteiger partial charge in [-0.05, 0) is 39.6 Å². The van der Waals surface area contributed by atoms with Crippen LogP contribution in [0.5, 0.6) is 0 Å². The van der Waals surface area contributed by atoms with Crippen molar-refractivity contribution in [3.05, 3.63) is 35.1 Å². The van der Waals surface area contributed by atoms with E-state index < -0.39 is 0 Å². The van der Waals surface area contributed by atoms with Crippen molar-refractivity contribution in [1.82, 2.24) is 15.1 Å². The van der Waals surface area contributed by atoms with E-state index in [1.165, 1.54) is 0 Å². The summed E-state index contributed by atoms with van der Waals surface area (Å²) in [6.07, 6.45) is 0. The maximum Gasteiger partial charge on any atom is 0.127 e. The summed E-state index contributed by atoms with van der Waals surface area (Å²) in [6.45, 7) is 8.96. The van der Waals surface area contributed by atoms with E-state index >= 15 is 0 Å². The van der Waals surface area contributed by atoms with Gasteiger partial charge in [0.05, 0.1) is 0 Å². The molecule has 0 amide bonds. The maximum atomic E-state index is 14.0. The van der Waals surface area contributed by atoms with Crippen LogP contribution in [0.2, 0.25) is 0 Å². The third kappa shape index (κ3) is 3.57. The molecule has 0 spiro atoms. The molecule has 0 bridgehead atoms. The summed E-state index contributed by atoms with van der Waals surface area (Å²) in [4.78, 5) is 4.72. The number of hydrogen-bond donors (Lipinski definition) is 1. The molecule has 0 radical (unpaired) electrons. The molecule has 1 aliphatic heterocycles. The van der Waals surface area contributed by atoms with Crippen LogP contribution in [-0.4, -0.2) is 49.1 Å². The Morgan fingerprint density at radius 3 is 2.70 bits per heavy atom. The van der Waals surface area contributed by atoms with Gasteiger partial charge in [0.15, 0.2) is 0 Å². The molecule has 1 aromatic rings. The van der Waals surface area contributed by atoms with Gasteiger partial charge in [-0.25, -0.2) is 4.39 Å². The van der Waals surface area contributed by atoms with Crippen LogP contribution in [0.4, 0.5) is 4.39 Å². The van der Waals surface area contributed by atoms with Crippen LogP contribution in [0, 0.1) is 5.82 Å². The first-order valence-corrected chi connectivity index (χ1v) is 7.28. The molecule has 1 N–H and O–H groups in total. The molecule has 1 aliphatic rings. The standard InChI is InChI=1S/C16H26FN3/c1-16(2)12-20(8-7-19(16)4)11-14-9-13(10-18-3)5-6-15(14)17/h5-6,9,18H,7-8,10-12H2,1-4H3. The van der Waals surface area contributed by atoms with Crippen LogP contribution >= 0.6 is 0 Å². The van der Waals surface area contributed by atoms with Gasteiger partial charge in [-0.1, -0.05) is 12.1 Å². The minimum absolute atomic E-state index is 0.0958. The molecule has 4 heteroatoms. The van der Waals surface area contributed by atoms with Gasteiger partial charge < -0.3 is 5.32 Å². The van der Waals surface area contributed by atoms with Gasteiger partial charge in [0.1, 0.15) is 5.82 Å². The van der Waals surface area contributed by atoms with E-state index in [1.807, 2.05) is 19.2 Å². The zero-order chi connectivity index (χ0) is 14.8. The normalized spacial score (nSPS) is 20.2. The fourth-order valence-electron chi connectivity index (χ4n) is 2.78. The van der Waals surface area contributed by atoms with Crippen LogP contribution < -0.4 is 5.32 Å². The van der Waals surface area contributed by atoms with Gasteiger partial charge in [-0.3, -0.25) is 9.80 Å². The largest absolute Gasteiger partial charge is 0.316 e. The number of likely N-dealkylation sites (N-methyl/N-ethyl adjacent to an activating group) is 1. The second kappa shape index (κ2) is 6.20. The van der Waals surface area contributed by atoms with Gasteiger partial charge in [-0.15, -0.1) is 0 Å². The zero-order valence-electron chi connectivity index (χ0n) is 13.0. The molecule has 0 unspecified atom stereocenters. The first-order valence-electron chi connectivity index (χ1n) is 7.28. The molecule has 2 rings (SSSR count). The smallest absolute Gasteiger partial charge is 0.127 e. The number of nitrogens with zero attached hydrogens (tertiary/aromatic N) is 2.